The zero-order valence-electron chi connectivity index (χ0n) is 9.17. The molecule has 0 bridgehead atoms. The molecule has 0 saturated carbocycles. The SMILES string of the molecule is CSc1ccc([N+](=O)[O-])c(C(=O)NCCO)c1. The van der Waals surface area contributed by atoms with Crippen molar-refractivity contribution in [3.8, 4) is 0 Å². The van der Waals surface area contributed by atoms with Crippen LogP contribution in [0.4, 0.5) is 5.69 Å². The minimum atomic E-state index is -0.599. The molecule has 1 aromatic rings. The van der Waals surface area contributed by atoms with Crippen LogP contribution in [-0.2, 0) is 0 Å². The van der Waals surface area contributed by atoms with Crippen molar-refractivity contribution >= 4 is 23.4 Å². The Hall–Kier alpha value is -1.60. The number of aliphatic hydroxyl groups is 1. The van der Waals surface area contributed by atoms with Crippen LogP contribution in [0.3, 0.4) is 0 Å². The van der Waals surface area contributed by atoms with Gasteiger partial charge in [-0.1, -0.05) is 0 Å². The highest BCUT2D eigenvalue weighted by molar-refractivity contribution is 7.98. The Balaban J connectivity index is 3.08. The fourth-order valence-electron chi connectivity index (χ4n) is 1.25. The monoisotopic (exact) mass is 256 g/mol. The summed E-state index contributed by atoms with van der Waals surface area (Å²) < 4.78 is 0. The molecule has 92 valence electrons. The molecule has 1 aromatic carbocycles. The molecule has 0 fully saturated rings. The molecule has 1 rings (SSSR count). The van der Waals surface area contributed by atoms with Crippen LogP contribution >= 0.6 is 11.8 Å². The van der Waals surface area contributed by atoms with E-state index in [9.17, 15) is 14.9 Å². The van der Waals surface area contributed by atoms with Gasteiger partial charge in [0.25, 0.3) is 11.6 Å². The lowest BCUT2D eigenvalue weighted by molar-refractivity contribution is -0.385. The summed E-state index contributed by atoms with van der Waals surface area (Å²) in [7, 11) is 0. The van der Waals surface area contributed by atoms with Crippen LogP contribution in [0.2, 0.25) is 0 Å². The minimum Gasteiger partial charge on any atom is -0.395 e. The van der Waals surface area contributed by atoms with Crippen LogP contribution in [0.25, 0.3) is 0 Å². The molecule has 0 aliphatic rings. The lowest BCUT2D eigenvalue weighted by atomic mass is 10.1. The molecule has 6 nitrogen and oxygen atoms in total. The summed E-state index contributed by atoms with van der Waals surface area (Å²) >= 11 is 1.39. The van der Waals surface area contributed by atoms with E-state index in [1.54, 1.807) is 6.07 Å². The van der Waals surface area contributed by atoms with Gasteiger partial charge in [-0.15, -0.1) is 11.8 Å². The normalized spacial score (nSPS) is 10.0. The minimum absolute atomic E-state index is 0.00954. The summed E-state index contributed by atoms with van der Waals surface area (Å²) in [5, 5.41) is 21.8. The van der Waals surface area contributed by atoms with Gasteiger partial charge in [0, 0.05) is 17.5 Å². The van der Waals surface area contributed by atoms with E-state index in [-0.39, 0.29) is 24.4 Å². The molecule has 0 radical (unpaired) electrons. The van der Waals surface area contributed by atoms with Gasteiger partial charge in [-0.2, -0.15) is 0 Å². The quantitative estimate of drug-likeness (QED) is 0.466. The van der Waals surface area contributed by atoms with Gasteiger partial charge in [0.1, 0.15) is 5.56 Å². The van der Waals surface area contributed by atoms with E-state index in [0.29, 0.717) is 0 Å². The number of nitrogens with zero attached hydrogens (tertiary/aromatic N) is 1. The molecule has 2 N–H and O–H groups in total. The number of hydrogen-bond acceptors (Lipinski definition) is 5. The predicted molar refractivity (Wildman–Crippen MR) is 64.3 cm³/mol. The summed E-state index contributed by atoms with van der Waals surface area (Å²) in [4.78, 5) is 22.6. The molecular formula is C10H12N2O4S. The van der Waals surface area contributed by atoms with Crippen molar-refractivity contribution in [2.45, 2.75) is 4.90 Å². The topological polar surface area (TPSA) is 92.5 Å². The Labute approximate surface area is 102 Å². The number of aliphatic hydroxyl groups excluding tert-OH is 1. The summed E-state index contributed by atoms with van der Waals surface area (Å²) in [6.07, 6.45) is 1.82. The van der Waals surface area contributed by atoms with Gasteiger partial charge in [0.2, 0.25) is 0 Å². The first kappa shape index (κ1) is 13.5. The molecule has 7 heteroatoms. The maximum absolute atomic E-state index is 11.7. The van der Waals surface area contributed by atoms with Gasteiger partial charge < -0.3 is 10.4 Å². The van der Waals surface area contributed by atoms with Crippen LogP contribution in [0, 0.1) is 10.1 Å². The summed E-state index contributed by atoms with van der Waals surface area (Å²) in [6.45, 7) is -0.138. The third-order valence-electron chi connectivity index (χ3n) is 2.04. The van der Waals surface area contributed by atoms with E-state index in [2.05, 4.69) is 5.32 Å². The predicted octanol–water partition coefficient (Wildman–Crippen LogP) is 1.04. The van der Waals surface area contributed by atoms with E-state index in [1.165, 1.54) is 23.9 Å². The molecule has 0 atom stereocenters. The second kappa shape index (κ2) is 6.21. The largest absolute Gasteiger partial charge is 0.395 e. The molecule has 0 aliphatic heterocycles. The van der Waals surface area contributed by atoms with Crippen LogP contribution in [0.15, 0.2) is 23.1 Å². The van der Waals surface area contributed by atoms with Crippen molar-refractivity contribution in [3.63, 3.8) is 0 Å². The molecule has 0 saturated heterocycles. The molecule has 0 heterocycles. The zero-order valence-corrected chi connectivity index (χ0v) is 9.99. The zero-order chi connectivity index (χ0) is 12.8. The van der Waals surface area contributed by atoms with Crippen molar-refractivity contribution < 1.29 is 14.8 Å². The number of amides is 1. The molecule has 0 aliphatic carbocycles. The third-order valence-corrected chi connectivity index (χ3v) is 2.77. The first-order valence-corrected chi connectivity index (χ1v) is 6.04. The van der Waals surface area contributed by atoms with E-state index in [4.69, 9.17) is 5.11 Å². The maximum atomic E-state index is 11.7. The smallest absolute Gasteiger partial charge is 0.282 e. The molecule has 1 amide bonds. The summed E-state index contributed by atoms with van der Waals surface area (Å²) in [6, 6.07) is 4.36. The van der Waals surface area contributed by atoms with Crippen molar-refractivity contribution in [3.05, 3.63) is 33.9 Å². The summed E-state index contributed by atoms with van der Waals surface area (Å²) in [5.74, 6) is -0.554. The Morgan fingerprint density at radius 1 is 1.59 bits per heavy atom. The Kier molecular flexibility index (Phi) is 4.92. The fourth-order valence-corrected chi connectivity index (χ4v) is 1.69. The van der Waals surface area contributed by atoms with Gasteiger partial charge in [-0.25, -0.2) is 0 Å². The van der Waals surface area contributed by atoms with Crippen LogP contribution in [-0.4, -0.2) is 35.3 Å². The fraction of sp³-hybridized carbons (Fsp3) is 0.300. The van der Waals surface area contributed by atoms with Gasteiger partial charge in [-0.3, -0.25) is 14.9 Å². The van der Waals surface area contributed by atoms with Crippen molar-refractivity contribution in [1.29, 1.82) is 0 Å². The molecule has 0 spiro atoms. The molecule has 0 aromatic heterocycles. The summed E-state index contributed by atoms with van der Waals surface area (Å²) in [5.41, 5.74) is -0.228. The molecule has 0 unspecified atom stereocenters. The average Bonchev–Trinajstić information content (AvgIpc) is 2.34. The number of carbonyl (C=O) groups excluding carboxylic acids is 1. The second-order valence-electron chi connectivity index (χ2n) is 3.12. The number of hydrogen-bond donors (Lipinski definition) is 2. The highest BCUT2D eigenvalue weighted by Crippen LogP contribution is 2.24. The Morgan fingerprint density at radius 2 is 2.29 bits per heavy atom. The number of nitrogens with one attached hydrogen (secondary N) is 1. The Bertz CT molecular complexity index is 436. The van der Waals surface area contributed by atoms with Crippen LogP contribution in [0.1, 0.15) is 10.4 Å². The highest BCUT2D eigenvalue weighted by atomic mass is 32.2. The lowest BCUT2D eigenvalue weighted by Gasteiger charge is -2.05. The van der Waals surface area contributed by atoms with Gasteiger partial charge in [-0.05, 0) is 18.4 Å². The van der Waals surface area contributed by atoms with Crippen LogP contribution in [0.5, 0.6) is 0 Å². The average molecular weight is 256 g/mol. The highest BCUT2D eigenvalue weighted by Gasteiger charge is 2.20. The van der Waals surface area contributed by atoms with E-state index >= 15 is 0 Å². The number of thioether (sulfide) groups is 1. The lowest BCUT2D eigenvalue weighted by Crippen LogP contribution is -2.27. The maximum Gasteiger partial charge on any atom is 0.282 e. The van der Waals surface area contributed by atoms with Gasteiger partial charge >= 0.3 is 0 Å². The van der Waals surface area contributed by atoms with Crippen molar-refractivity contribution in [2.24, 2.45) is 0 Å². The van der Waals surface area contributed by atoms with E-state index in [0.717, 1.165) is 4.90 Å². The van der Waals surface area contributed by atoms with E-state index in [1.807, 2.05) is 6.26 Å². The molecule has 17 heavy (non-hydrogen) atoms. The number of nitro benzene ring substituents is 1. The first-order chi connectivity index (χ1) is 8.10. The van der Waals surface area contributed by atoms with Crippen molar-refractivity contribution in [2.75, 3.05) is 19.4 Å². The number of carbonyl (C=O) groups is 1. The standard InChI is InChI=1S/C10H12N2O4S/c1-17-7-2-3-9(12(15)16)8(6-7)10(14)11-4-5-13/h2-3,6,13H,4-5H2,1H3,(H,11,14). The van der Waals surface area contributed by atoms with Crippen LogP contribution < -0.4 is 5.32 Å². The van der Waals surface area contributed by atoms with Crippen molar-refractivity contribution in [1.82, 2.24) is 5.32 Å². The number of benzene rings is 1. The molecular weight excluding hydrogens is 244 g/mol. The first-order valence-electron chi connectivity index (χ1n) is 4.81. The second-order valence-corrected chi connectivity index (χ2v) is 4.00. The number of rotatable bonds is 5. The number of nitro groups is 1. The Morgan fingerprint density at radius 3 is 2.82 bits per heavy atom. The van der Waals surface area contributed by atoms with Gasteiger partial charge in [0.15, 0.2) is 0 Å². The van der Waals surface area contributed by atoms with E-state index < -0.39 is 10.8 Å². The van der Waals surface area contributed by atoms with Gasteiger partial charge in [0.05, 0.1) is 11.5 Å². The third kappa shape index (κ3) is 3.43.